The number of aromatic carboxylic acids is 1. The maximum absolute atomic E-state index is 11.0. The Hall–Kier alpha value is -2.70. The number of nitrogens with zero attached hydrogens (tertiary/aromatic N) is 3. The summed E-state index contributed by atoms with van der Waals surface area (Å²) in [5.74, 6) is -0.201. The molecule has 1 aromatic carbocycles. The molecule has 0 spiro atoms. The third-order valence-corrected chi connectivity index (χ3v) is 2.66. The van der Waals surface area contributed by atoms with Crippen molar-refractivity contribution < 1.29 is 14.3 Å². The van der Waals surface area contributed by atoms with E-state index in [4.69, 9.17) is 9.52 Å². The van der Waals surface area contributed by atoms with Gasteiger partial charge in [0.25, 0.3) is 0 Å². The van der Waals surface area contributed by atoms with Crippen molar-refractivity contribution in [2.75, 3.05) is 0 Å². The molecular weight excluding hydrogens is 236 g/mol. The lowest BCUT2D eigenvalue weighted by Gasteiger charge is -1.99. The van der Waals surface area contributed by atoms with Gasteiger partial charge in [0.15, 0.2) is 5.76 Å². The summed E-state index contributed by atoms with van der Waals surface area (Å²) in [6.45, 7) is 1.74. The van der Waals surface area contributed by atoms with E-state index in [-0.39, 0.29) is 5.56 Å². The van der Waals surface area contributed by atoms with Crippen LogP contribution in [0.4, 0.5) is 0 Å². The van der Waals surface area contributed by atoms with Crippen molar-refractivity contribution in [2.45, 2.75) is 6.92 Å². The van der Waals surface area contributed by atoms with Crippen LogP contribution in [0, 0.1) is 6.92 Å². The number of tetrazole rings is 1. The van der Waals surface area contributed by atoms with Crippen molar-refractivity contribution in [3.8, 4) is 11.6 Å². The van der Waals surface area contributed by atoms with Crippen LogP contribution in [0.25, 0.3) is 22.6 Å². The molecule has 0 unspecified atom stereocenters. The third kappa shape index (κ3) is 1.53. The Balaban J connectivity index is 2.21. The lowest BCUT2D eigenvalue weighted by Crippen LogP contribution is -1.98. The first-order valence-corrected chi connectivity index (χ1v) is 5.16. The summed E-state index contributed by atoms with van der Waals surface area (Å²) in [6, 6.07) is 5.00. The average Bonchev–Trinajstić information content (AvgIpc) is 2.95. The standard InChI is InChI=1S/C11H8N4O3/c1-5-2-6-3-9(10-12-14-15-13-10)18-8(6)4-7(5)11(16)17/h2-4H,1H3,(H,16,17)(H,12,13,14,15). The molecule has 0 amide bonds. The van der Waals surface area contributed by atoms with Gasteiger partial charge in [-0.3, -0.25) is 0 Å². The van der Waals surface area contributed by atoms with Crippen molar-refractivity contribution in [3.05, 3.63) is 29.3 Å². The number of carboxylic acids is 1. The molecule has 0 aliphatic carbocycles. The van der Waals surface area contributed by atoms with E-state index < -0.39 is 5.97 Å². The number of hydrogen-bond donors (Lipinski definition) is 2. The van der Waals surface area contributed by atoms with Crippen molar-refractivity contribution in [2.24, 2.45) is 0 Å². The zero-order valence-electron chi connectivity index (χ0n) is 9.34. The van der Waals surface area contributed by atoms with E-state index in [1.54, 1.807) is 19.1 Å². The highest BCUT2D eigenvalue weighted by molar-refractivity contribution is 5.95. The molecule has 3 aromatic rings. The van der Waals surface area contributed by atoms with Crippen LogP contribution in [0.3, 0.4) is 0 Å². The van der Waals surface area contributed by atoms with Crippen LogP contribution < -0.4 is 0 Å². The SMILES string of the molecule is Cc1cc2cc(-c3nn[nH]n3)oc2cc1C(=O)O. The highest BCUT2D eigenvalue weighted by Crippen LogP contribution is 2.27. The van der Waals surface area contributed by atoms with Crippen molar-refractivity contribution >= 4 is 16.9 Å². The Labute approximate surface area is 100 Å². The van der Waals surface area contributed by atoms with Gasteiger partial charge in [-0.1, -0.05) is 0 Å². The Morgan fingerprint density at radius 2 is 2.22 bits per heavy atom. The number of H-pyrrole nitrogens is 1. The van der Waals surface area contributed by atoms with Gasteiger partial charge in [-0.15, -0.1) is 10.2 Å². The van der Waals surface area contributed by atoms with Gasteiger partial charge in [0, 0.05) is 5.39 Å². The molecule has 7 heteroatoms. The van der Waals surface area contributed by atoms with Crippen LogP contribution in [0.1, 0.15) is 15.9 Å². The average molecular weight is 244 g/mol. The number of benzene rings is 1. The van der Waals surface area contributed by atoms with Gasteiger partial charge in [-0.25, -0.2) is 4.79 Å². The summed E-state index contributed by atoms with van der Waals surface area (Å²) in [5.41, 5.74) is 1.38. The van der Waals surface area contributed by atoms with E-state index in [0.717, 1.165) is 5.39 Å². The number of rotatable bonds is 2. The lowest BCUT2D eigenvalue weighted by atomic mass is 10.1. The molecule has 7 nitrogen and oxygen atoms in total. The Morgan fingerprint density at radius 1 is 1.39 bits per heavy atom. The molecule has 0 aliphatic rings. The zero-order chi connectivity index (χ0) is 12.7. The largest absolute Gasteiger partial charge is 0.478 e. The summed E-state index contributed by atoms with van der Waals surface area (Å²) < 4.78 is 5.51. The number of nitrogens with one attached hydrogen (secondary N) is 1. The second-order valence-electron chi connectivity index (χ2n) is 3.86. The number of aromatic amines is 1. The maximum atomic E-state index is 11.0. The van der Waals surface area contributed by atoms with E-state index in [0.29, 0.717) is 22.7 Å². The molecule has 2 heterocycles. The van der Waals surface area contributed by atoms with Gasteiger partial charge < -0.3 is 9.52 Å². The number of hydrogen-bond acceptors (Lipinski definition) is 5. The monoisotopic (exact) mass is 244 g/mol. The van der Waals surface area contributed by atoms with Crippen molar-refractivity contribution in [3.63, 3.8) is 0 Å². The first-order chi connectivity index (χ1) is 8.65. The normalized spacial score (nSPS) is 10.9. The van der Waals surface area contributed by atoms with Gasteiger partial charge in [0.05, 0.1) is 5.56 Å². The highest BCUT2D eigenvalue weighted by Gasteiger charge is 2.14. The van der Waals surface area contributed by atoms with E-state index in [9.17, 15) is 4.79 Å². The number of carbonyl (C=O) groups is 1. The minimum atomic E-state index is -0.980. The molecule has 0 aliphatic heterocycles. The molecule has 2 N–H and O–H groups in total. The molecule has 0 atom stereocenters. The van der Waals surface area contributed by atoms with Crippen molar-refractivity contribution in [1.82, 2.24) is 20.6 Å². The summed E-state index contributed by atoms with van der Waals surface area (Å²) in [5, 5.41) is 23.2. The molecule has 0 saturated heterocycles. The molecular formula is C11H8N4O3. The molecule has 18 heavy (non-hydrogen) atoms. The number of aromatic nitrogens is 4. The quantitative estimate of drug-likeness (QED) is 0.709. The lowest BCUT2D eigenvalue weighted by molar-refractivity contribution is 0.0696. The van der Waals surface area contributed by atoms with Crippen LogP contribution in [0.5, 0.6) is 0 Å². The fourth-order valence-corrected chi connectivity index (χ4v) is 1.81. The first kappa shape index (κ1) is 10.5. The summed E-state index contributed by atoms with van der Waals surface area (Å²) >= 11 is 0. The Bertz CT molecular complexity index is 730. The van der Waals surface area contributed by atoms with Crippen LogP contribution in [-0.4, -0.2) is 31.7 Å². The van der Waals surface area contributed by atoms with Crippen LogP contribution >= 0.6 is 0 Å². The van der Waals surface area contributed by atoms with Crippen LogP contribution in [0.15, 0.2) is 22.6 Å². The maximum Gasteiger partial charge on any atom is 0.336 e. The predicted molar refractivity (Wildman–Crippen MR) is 61.1 cm³/mol. The summed E-state index contributed by atoms with van der Waals surface area (Å²) in [4.78, 5) is 11.0. The topological polar surface area (TPSA) is 105 Å². The number of aryl methyl sites for hydroxylation is 1. The van der Waals surface area contributed by atoms with Gasteiger partial charge in [0.2, 0.25) is 5.82 Å². The van der Waals surface area contributed by atoms with Gasteiger partial charge in [-0.2, -0.15) is 5.21 Å². The smallest absolute Gasteiger partial charge is 0.336 e. The molecule has 3 rings (SSSR count). The van der Waals surface area contributed by atoms with Crippen molar-refractivity contribution in [1.29, 1.82) is 0 Å². The van der Waals surface area contributed by atoms with Gasteiger partial charge in [-0.05, 0) is 35.9 Å². The fourth-order valence-electron chi connectivity index (χ4n) is 1.81. The molecule has 90 valence electrons. The zero-order valence-corrected chi connectivity index (χ0v) is 9.34. The number of fused-ring (bicyclic) bond motifs is 1. The Kier molecular flexibility index (Phi) is 2.12. The second-order valence-corrected chi connectivity index (χ2v) is 3.86. The summed E-state index contributed by atoms with van der Waals surface area (Å²) in [6.07, 6.45) is 0. The van der Waals surface area contributed by atoms with E-state index >= 15 is 0 Å². The predicted octanol–water partition coefficient (Wildman–Crippen LogP) is 1.62. The van der Waals surface area contributed by atoms with Crippen LogP contribution in [0.2, 0.25) is 0 Å². The second kappa shape index (κ2) is 3.66. The van der Waals surface area contributed by atoms with Crippen LogP contribution in [-0.2, 0) is 0 Å². The fraction of sp³-hybridized carbons (Fsp3) is 0.0909. The molecule has 0 fully saturated rings. The van der Waals surface area contributed by atoms with Gasteiger partial charge in [0.1, 0.15) is 5.58 Å². The minimum Gasteiger partial charge on any atom is -0.478 e. The van der Waals surface area contributed by atoms with E-state index in [2.05, 4.69) is 20.6 Å². The molecule has 0 radical (unpaired) electrons. The number of furan rings is 1. The molecule has 0 saturated carbocycles. The first-order valence-electron chi connectivity index (χ1n) is 5.16. The van der Waals surface area contributed by atoms with E-state index in [1.807, 2.05) is 0 Å². The van der Waals surface area contributed by atoms with Gasteiger partial charge >= 0.3 is 5.97 Å². The Morgan fingerprint density at radius 3 is 2.89 bits per heavy atom. The third-order valence-electron chi connectivity index (χ3n) is 2.66. The highest BCUT2D eigenvalue weighted by atomic mass is 16.4. The molecule has 0 bridgehead atoms. The molecule has 2 aromatic heterocycles. The summed E-state index contributed by atoms with van der Waals surface area (Å²) in [7, 11) is 0. The minimum absolute atomic E-state index is 0.219. The van der Waals surface area contributed by atoms with E-state index in [1.165, 1.54) is 6.07 Å². The number of carboxylic acid groups (broad SMARTS) is 1.